The fourth-order valence-corrected chi connectivity index (χ4v) is 2.51. The molecule has 3 aromatic rings. The van der Waals surface area contributed by atoms with E-state index in [2.05, 4.69) is 27.5 Å². The molecule has 0 radical (unpaired) electrons. The molecule has 0 bridgehead atoms. The predicted octanol–water partition coefficient (Wildman–Crippen LogP) is 2.98. The van der Waals surface area contributed by atoms with Crippen molar-refractivity contribution >= 4 is 0 Å². The molecule has 6 nitrogen and oxygen atoms in total. The molecule has 1 aromatic carbocycles. The Balaban J connectivity index is 1.62. The Bertz CT molecular complexity index is 749. The fourth-order valence-electron chi connectivity index (χ4n) is 2.51. The first kappa shape index (κ1) is 15.4. The van der Waals surface area contributed by atoms with Crippen LogP contribution in [0.4, 0.5) is 0 Å². The van der Waals surface area contributed by atoms with Crippen LogP contribution >= 0.6 is 0 Å². The number of hydrogen-bond acceptors (Lipinski definition) is 5. The molecule has 2 unspecified atom stereocenters. The quantitative estimate of drug-likeness (QED) is 0.758. The molecule has 2 atom stereocenters. The smallest absolute Gasteiger partial charge is 0.243 e. The van der Waals surface area contributed by atoms with Gasteiger partial charge in [0, 0.05) is 17.8 Å². The lowest BCUT2D eigenvalue weighted by Gasteiger charge is -2.17. The second kappa shape index (κ2) is 6.75. The van der Waals surface area contributed by atoms with Crippen LogP contribution in [-0.2, 0) is 6.54 Å². The van der Waals surface area contributed by atoms with E-state index >= 15 is 0 Å². The Labute approximate surface area is 135 Å². The zero-order valence-corrected chi connectivity index (χ0v) is 13.6. The van der Waals surface area contributed by atoms with Crippen molar-refractivity contribution < 1.29 is 4.52 Å². The number of nitrogens with zero attached hydrogens (tertiary/aromatic N) is 4. The van der Waals surface area contributed by atoms with Crippen LogP contribution in [0.2, 0.25) is 0 Å². The SMILES string of the molecule is Cc1cnn(CC(C)NC(C)c2nc(-c3ccccc3)no2)c1. The largest absolute Gasteiger partial charge is 0.337 e. The second-order valence-electron chi connectivity index (χ2n) is 5.85. The van der Waals surface area contributed by atoms with E-state index in [0.717, 1.165) is 17.7 Å². The Kier molecular flexibility index (Phi) is 4.52. The van der Waals surface area contributed by atoms with Gasteiger partial charge in [-0.1, -0.05) is 35.5 Å². The summed E-state index contributed by atoms with van der Waals surface area (Å²) in [5.41, 5.74) is 2.12. The lowest BCUT2D eigenvalue weighted by molar-refractivity contribution is 0.316. The minimum atomic E-state index is -0.0216. The molecule has 0 fully saturated rings. The lowest BCUT2D eigenvalue weighted by atomic mass is 10.2. The van der Waals surface area contributed by atoms with E-state index in [1.54, 1.807) is 0 Å². The first-order valence-electron chi connectivity index (χ1n) is 7.76. The van der Waals surface area contributed by atoms with Gasteiger partial charge >= 0.3 is 0 Å². The average molecular weight is 311 g/mol. The third-order valence-electron chi connectivity index (χ3n) is 3.60. The van der Waals surface area contributed by atoms with Crippen LogP contribution in [0, 0.1) is 6.92 Å². The molecule has 120 valence electrons. The number of aryl methyl sites for hydroxylation is 1. The standard InChI is InChI=1S/C17H21N5O/c1-12-9-18-22(10-12)11-13(2)19-14(3)17-20-16(21-23-17)15-7-5-4-6-8-15/h4-10,13-14,19H,11H2,1-3H3. The molecule has 23 heavy (non-hydrogen) atoms. The van der Waals surface area contributed by atoms with Gasteiger partial charge in [-0.2, -0.15) is 10.1 Å². The molecule has 0 saturated heterocycles. The zero-order valence-electron chi connectivity index (χ0n) is 13.6. The fraction of sp³-hybridized carbons (Fsp3) is 0.353. The van der Waals surface area contributed by atoms with Crippen LogP contribution in [0.25, 0.3) is 11.4 Å². The van der Waals surface area contributed by atoms with Gasteiger partial charge in [0.2, 0.25) is 11.7 Å². The van der Waals surface area contributed by atoms with Gasteiger partial charge in [0.1, 0.15) is 0 Å². The first-order chi connectivity index (χ1) is 11.1. The van der Waals surface area contributed by atoms with Gasteiger partial charge in [-0.05, 0) is 26.3 Å². The molecule has 0 aliphatic heterocycles. The highest BCUT2D eigenvalue weighted by Gasteiger charge is 2.17. The van der Waals surface area contributed by atoms with Crippen LogP contribution in [0.5, 0.6) is 0 Å². The topological polar surface area (TPSA) is 68.8 Å². The predicted molar refractivity (Wildman–Crippen MR) is 87.7 cm³/mol. The van der Waals surface area contributed by atoms with Crippen molar-refractivity contribution in [3.8, 4) is 11.4 Å². The number of aromatic nitrogens is 4. The van der Waals surface area contributed by atoms with Crippen LogP contribution < -0.4 is 5.32 Å². The molecule has 6 heteroatoms. The zero-order chi connectivity index (χ0) is 16.2. The lowest BCUT2D eigenvalue weighted by Crippen LogP contribution is -2.33. The molecule has 2 aromatic heterocycles. The highest BCUT2D eigenvalue weighted by Crippen LogP contribution is 2.18. The van der Waals surface area contributed by atoms with Gasteiger partial charge in [0.25, 0.3) is 0 Å². The molecule has 2 heterocycles. The highest BCUT2D eigenvalue weighted by atomic mass is 16.5. The van der Waals surface area contributed by atoms with Crippen molar-refractivity contribution in [2.75, 3.05) is 0 Å². The molecule has 0 amide bonds. The summed E-state index contributed by atoms with van der Waals surface area (Å²) < 4.78 is 7.32. The molecule has 1 N–H and O–H groups in total. The van der Waals surface area contributed by atoms with Crippen molar-refractivity contribution in [2.24, 2.45) is 0 Å². The van der Waals surface area contributed by atoms with E-state index in [4.69, 9.17) is 4.52 Å². The monoisotopic (exact) mass is 311 g/mol. The molecule has 0 spiro atoms. The Morgan fingerprint density at radius 1 is 1.22 bits per heavy atom. The van der Waals surface area contributed by atoms with E-state index in [0.29, 0.717) is 11.7 Å². The maximum absolute atomic E-state index is 5.39. The van der Waals surface area contributed by atoms with Crippen LogP contribution in [0.15, 0.2) is 47.2 Å². The number of hydrogen-bond donors (Lipinski definition) is 1. The summed E-state index contributed by atoms with van der Waals surface area (Å²) in [5.74, 6) is 1.21. The molecule has 0 aliphatic rings. The van der Waals surface area contributed by atoms with Crippen molar-refractivity contribution in [1.82, 2.24) is 25.2 Å². The molecule has 0 saturated carbocycles. The molecule has 3 rings (SSSR count). The number of nitrogens with one attached hydrogen (secondary N) is 1. The van der Waals surface area contributed by atoms with Crippen molar-refractivity contribution in [3.63, 3.8) is 0 Å². The Morgan fingerprint density at radius 2 is 2.00 bits per heavy atom. The van der Waals surface area contributed by atoms with E-state index < -0.39 is 0 Å². The highest BCUT2D eigenvalue weighted by molar-refractivity contribution is 5.53. The van der Waals surface area contributed by atoms with E-state index in [1.807, 2.05) is 61.3 Å². The molecular weight excluding hydrogens is 290 g/mol. The van der Waals surface area contributed by atoms with E-state index in [-0.39, 0.29) is 12.1 Å². The average Bonchev–Trinajstić information content (AvgIpc) is 3.17. The van der Waals surface area contributed by atoms with Crippen LogP contribution in [0.3, 0.4) is 0 Å². The third-order valence-corrected chi connectivity index (χ3v) is 3.60. The van der Waals surface area contributed by atoms with Gasteiger partial charge < -0.3 is 9.84 Å². The maximum Gasteiger partial charge on any atom is 0.243 e. The molecular formula is C17H21N5O. The summed E-state index contributed by atoms with van der Waals surface area (Å²) in [7, 11) is 0. The minimum absolute atomic E-state index is 0.0216. The van der Waals surface area contributed by atoms with Crippen LogP contribution in [0.1, 0.15) is 31.3 Å². The minimum Gasteiger partial charge on any atom is -0.337 e. The van der Waals surface area contributed by atoms with Crippen molar-refractivity contribution in [1.29, 1.82) is 0 Å². The second-order valence-corrected chi connectivity index (χ2v) is 5.85. The van der Waals surface area contributed by atoms with E-state index in [1.165, 1.54) is 0 Å². The van der Waals surface area contributed by atoms with Gasteiger partial charge in [0.15, 0.2) is 0 Å². The van der Waals surface area contributed by atoms with Gasteiger partial charge in [-0.3, -0.25) is 4.68 Å². The first-order valence-corrected chi connectivity index (χ1v) is 7.76. The Hall–Kier alpha value is -2.47. The number of benzene rings is 1. The summed E-state index contributed by atoms with van der Waals surface area (Å²) in [6.45, 7) is 6.96. The summed E-state index contributed by atoms with van der Waals surface area (Å²) in [6, 6.07) is 10.0. The van der Waals surface area contributed by atoms with Gasteiger partial charge in [-0.25, -0.2) is 0 Å². The summed E-state index contributed by atoms with van der Waals surface area (Å²) >= 11 is 0. The summed E-state index contributed by atoms with van der Waals surface area (Å²) in [5, 5.41) is 11.8. The van der Waals surface area contributed by atoms with Crippen molar-refractivity contribution in [3.05, 3.63) is 54.2 Å². The van der Waals surface area contributed by atoms with Crippen LogP contribution in [-0.4, -0.2) is 26.0 Å². The number of rotatable bonds is 6. The molecule has 0 aliphatic carbocycles. The third kappa shape index (κ3) is 3.84. The Morgan fingerprint density at radius 3 is 2.70 bits per heavy atom. The van der Waals surface area contributed by atoms with Gasteiger partial charge in [-0.15, -0.1) is 0 Å². The van der Waals surface area contributed by atoms with Gasteiger partial charge in [0.05, 0.1) is 18.8 Å². The maximum atomic E-state index is 5.39. The summed E-state index contributed by atoms with van der Waals surface area (Å²) in [4.78, 5) is 4.48. The summed E-state index contributed by atoms with van der Waals surface area (Å²) in [6.07, 6.45) is 3.89. The normalized spacial score (nSPS) is 13.9. The van der Waals surface area contributed by atoms with Crippen molar-refractivity contribution in [2.45, 2.75) is 39.4 Å². The van der Waals surface area contributed by atoms with E-state index in [9.17, 15) is 0 Å².